The molecule has 0 heterocycles. The molecule has 1 aliphatic carbocycles. The second kappa shape index (κ2) is 8.14. The van der Waals surface area contributed by atoms with Crippen LogP contribution in [0.3, 0.4) is 0 Å². The highest BCUT2D eigenvalue weighted by Gasteiger charge is 2.37. The van der Waals surface area contributed by atoms with Crippen molar-refractivity contribution in [2.75, 3.05) is 13.1 Å². The van der Waals surface area contributed by atoms with Gasteiger partial charge in [0.25, 0.3) is 11.8 Å². The van der Waals surface area contributed by atoms with Crippen molar-refractivity contribution in [1.29, 1.82) is 0 Å². The average Bonchev–Trinajstić information content (AvgIpc) is 3.03. The third-order valence-electron chi connectivity index (χ3n) is 4.87. The standard InChI is InChI=1S/C19H26N2O4/c1-3-21(4-2)18(25)15-9-7-14(8-10-15)17(24)20-19(13-16(22)23)11-5-6-12-19/h7-10H,3-6,11-13H2,1-2H3,(H,20,24)(H,22,23). The van der Waals surface area contributed by atoms with Crippen LogP contribution in [0.5, 0.6) is 0 Å². The highest BCUT2D eigenvalue weighted by atomic mass is 16.4. The van der Waals surface area contributed by atoms with Gasteiger partial charge in [0.2, 0.25) is 0 Å². The summed E-state index contributed by atoms with van der Waals surface area (Å²) in [4.78, 5) is 37.7. The molecule has 6 nitrogen and oxygen atoms in total. The molecule has 1 aliphatic rings. The first-order valence-electron chi connectivity index (χ1n) is 8.84. The van der Waals surface area contributed by atoms with Crippen molar-refractivity contribution >= 4 is 17.8 Å². The van der Waals surface area contributed by atoms with Gasteiger partial charge in [-0.05, 0) is 51.0 Å². The van der Waals surface area contributed by atoms with E-state index in [4.69, 9.17) is 5.11 Å². The smallest absolute Gasteiger partial charge is 0.305 e. The molecule has 6 heteroatoms. The van der Waals surface area contributed by atoms with Crippen LogP contribution in [0.15, 0.2) is 24.3 Å². The fourth-order valence-electron chi connectivity index (χ4n) is 3.46. The van der Waals surface area contributed by atoms with Gasteiger partial charge in [0.05, 0.1) is 12.0 Å². The Bertz CT molecular complexity index is 629. The minimum Gasteiger partial charge on any atom is -0.481 e. The van der Waals surface area contributed by atoms with Gasteiger partial charge in [-0.25, -0.2) is 0 Å². The lowest BCUT2D eigenvalue weighted by Crippen LogP contribution is -2.47. The highest BCUT2D eigenvalue weighted by molar-refractivity contribution is 5.98. The molecule has 1 saturated carbocycles. The highest BCUT2D eigenvalue weighted by Crippen LogP contribution is 2.33. The van der Waals surface area contributed by atoms with Crippen LogP contribution in [-0.2, 0) is 4.79 Å². The zero-order chi connectivity index (χ0) is 18.4. The summed E-state index contributed by atoms with van der Waals surface area (Å²) >= 11 is 0. The molecule has 25 heavy (non-hydrogen) atoms. The maximum absolute atomic E-state index is 12.5. The number of nitrogens with zero attached hydrogens (tertiary/aromatic N) is 1. The number of carbonyl (C=O) groups excluding carboxylic acids is 2. The van der Waals surface area contributed by atoms with E-state index in [0.717, 1.165) is 12.8 Å². The van der Waals surface area contributed by atoms with Crippen molar-refractivity contribution < 1.29 is 19.5 Å². The Labute approximate surface area is 148 Å². The van der Waals surface area contributed by atoms with Crippen molar-refractivity contribution in [2.45, 2.75) is 51.5 Å². The molecular formula is C19H26N2O4. The number of nitrogens with one attached hydrogen (secondary N) is 1. The van der Waals surface area contributed by atoms with Crippen LogP contribution in [-0.4, -0.2) is 46.4 Å². The first-order valence-corrected chi connectivity index (χ1v) is 8.84. The number of hydrogen-bond donors (Lipinski definition) is 2. The Kier molecular flexibility index (Phi) is 6.17. The maximum atomic E-state index is 12.5. The van der Waals surface area contributed by atoms with E-state index in [2.05, 4.69) is 5.32 Å². The fraction of sp³-hybridized carbons (Fsp3) is 0.526. The Morgan fingerprint density at radius 1 is 1.04 bits per heavy atom. The molecule has 0 radical (unpaired) electrons. The summed E-state index contributed by atoms with van der Waals surface area (Å²) < 4.78 is 0. The van der Waals surface area contributed by atoms with Gasteiger partial charge >= 0.3 is 5.97 Å². The normalized spacial score (nSPS) is 15.6. The quantitative estimate of drug-likeness (QED) is 0.795. The van der Waals surface area contributed by atoms with Crippen LogP contribution in [0.4, 0.5) is 0 Å². The van der Waals surface area contributed by atoms with Gasteiger partial charge in [-0.3, -0.25) is 14.4 Å². The fourth-order valence-corrected chi connectivity index (χ4v) is 3.46. The molecular weight excluding hydrogens is 320 g/mol. The molecule has 1 fully saturated rings. The first kappa shape index (κ1) is 19.0. The van der Waals surface area contributed by atoms with Crippen LogP contribution in [0.1, 0.15) is 66.7 Å². The second-order valence-corrected chi connectivity index (χ2v) is 6.57. The predicted molar refractivity (Wildman–Crippen MR) is 94.6 cm³/mol. The van der Waals surface area contributed by atoms with Gasteiger partial charge in [0.1, 0.15) is 0 Å². The molecule has 0 spiro atoms. The number of carboxylic acids is 1. The molecule has 1 aromatic carbocycles. The first-order chi connectivity index (χ1) is 11.9. The summed E-state index contributed by atoms with van der Waals surface area (Å²) in [5.74, 6) is -1.25. The van der Waals surface area contributed by atoms with E-state index in [1.54, 1.807) is 29.2 Å². The van der Waals surface area contributed by atoms with E-state index in [1.165, 1.54) is 0 Å². The van der Waals surface area contributed by atoms with Crippen molar-refractivity contribution in [2.24, 2.45) is 0 Å². The summed E-state index contributed by atoms with van der Waals surface area (Å²) in [6.07, 6.45) is 3.15. The minimum atomic E-state index is -0.901. The van der Waals surface area contributed by atoms with Gasteiger partial charge in [0.15, 0.2) is 0 Å². The maximum Gasteiger partial charge on any atom is 0.305 e. The van der Waals surface area contributed by atoms with E-state index >= 15 is 0 Å². The van der Waals surface area contributed by atoms with Gasteiger partial charge in [-0.1, -0.05) is 12.8 Å². The van der Waals surface area contributed by atoms with E-state index in [-0.39, 0.29) is 18.2 Å². The molecule has 0 atom stereocenters. The summed E-state index contributed by atoms with van der Waals surface area (Å²) in [5, 5.41) is 12.0. The van der Waals surface area contributed by atoms with Gasteiger partial charge in [-0.2, -0.15) is 0 Å². The molecule has 0 aliphatic heterocycles. The zero-order valence-corrected chi connectivity index (χ0v) is 14.9. The zero-order valence-electron chi connectivity index (χ0n) is 14.9. The van der Waals surface area contributed by atoms with Crippen molar-refractivity contribution in [3.8, 4) is 0 Å². The predicted octanol–water partition coefficient (Wildman–Crippen LogP) is 2.69. The number of benzene rings is 1. The lowest BCUT2D eigenvalue weighted by molar-refractivity contribution is -0.138. The monoisotopic (exact) mass is 346 g/mol. The number of rotatable bonds is 7. The Balaban J connectivity index is 2.09. The molecule has 0 bridgehead atoms. The molecule has 1 aromatic rings. The summed E-state index contributed by atoms with van der Waals surface area (Å²) in [6.45, 7) is 5.12. The van der Waals surface area contributed by atoms with Gasteiger partial charge < -0.3 is 15.3 Å². The molecule has 2 N–H and O–H groups in total. The third kappa shape index (κ3) is 4.59. The third-order valence-corrected chi connectivity index (χ3v) is 4.87. The lowest BCUT2D eigenvalue weighted by Gasteiger charge is -2.28. The number of aliphatic carboxylic acids is 1. The van der Waals surface area contributed by atoms with E-state index in [9.17, 15) is 14.4 Å². The summed E-state index contributed by atoms with van der Waals surface area (Å²) in [7, 11) is 0. The number of hydrogen-bond acceptors (Lipinski definition) is 3. The molecule has 0 unspecified atom stereocenters. The topological polar surface area (TPSA) is 86.7 Å². The summed E-state index contributed by atoms with van der Waals surface area (Å²) in [6, 6.07) is 6.53. The number of amides is 2. The molecule has 0 aromatic heterocycles. The second-order valence-electron chi connectivity index (χ2n) is 6.57. The lowest BCUT2D eigenvalue weighted by atomic mass is 9.92. The summed E-state index contributed by atoms with van der Waals surface area (Å²) in [5.41, 5.74) is 0.327. The minimum absolute atomic E-state index is 0.0583. The largest absolute Gasteiger partial charge is 0.481 e. The van der Waals surface area contributed by atoms with Crippen molar-refractivity contribution in [1.82, 2.24) is 10.2 Å². The van der Waals surface area contributed by atoms with Crippen molar-refractivity contribution in [3.05, 3.63) is 35.4 Å². The number of carbonyl (C=O) groups is 3. The van der Waals surface area contributed by atoms with Gasteiger partial charge in [-0.15, -0.1) is 0 Å². The molecule has 2 rings (SSSR count). The van der Waals surface area contributed by atoms with Gasteiger partial charge in [0, 0.05) is 24.2 Å². The SMILES string of the molecule is CCN(CC)C(=O)c1ccc(C(=O)NC2(CC(=O)O)CCCC2)cc1. The van der Waals surface area contributed by atoms with Crippen LogP contribution in [0.2, 0.25) is 0 Å². The average molecular weight is 346 g/mol. The Hall–Kier alpha value is -2.37. The Morgan fingerprint density at radius 3 is 2.04 bits per heavy atom. The van der Waals surface area contributed by atoms with Crippen molar-refractivity contribution in [3.63, 3.8) is 0 Å². The van der Waals surface area contributed by atoms with E-state index in [0.29, 0.717) is 37.1 Å². The van der Waals surface area contributed by atoms with E-state index < -0.39 is 11.5 Å². The molecule has 0 saturated heterocycles. The van der Waals surface area contributed by atoms with E-state index in [1.807, 2.05) is 13.8 Å². The molecule has 136 valence electrons. The molecule has 2 amide bonds. The van der Waals surface area contributed by atoms with Crippen LogP contribution in [0.25, 0.3) is 0 Å². The van der Waals surface area contributed by atoms with Crippen LogP contribution >= 0.6 is 0 Å². The number of carboxylic acid groups (broad SMARTS) is 1. The Morgan fingerprint density at radius 2 is 1.56 bits per heavy atom. The van der Waals surface area contributed by atoms with Crippen LogP contribution in [0, 0.1) is 0 Å². The van der Waals surface area contributed by atoms with Crippen LogP contribution < -0.4 is 5.32 Å².